The average molecular weight is 537 g/mol. The van der Waals surface area contributed by atoms with Crippen LogP contribution in [0.2, 0.25) is 12.1 Å². The highest BCUT2D eigenvalue weighted by Crippen LogP contribution is 2.27. The molecule has 0 atom stereocenters. The SMILES string of the molecule is CO[Si](CCCC(O)(CCC[Si](OC)(OC)OC)COCCO)(OC)OC.O=C(O)OC(=O)O. The van der Waals surface area contributed by atoms with Crippen LogP contribution in [0.4, 0.5) is 9.59 Å². The maximum absolute atomic E-state index is 11.0. The summed E-state index contributed by atoms with van der Waals surface area (Å²) in [6, 6.07) is 1.18. The molecule has 34 heavy (non-hydrogen) atoms. The van der Waals surface area contributed by atoms with Crippen molar-refractivity contribution in [2.24, 2.45) is 0 Å². The molecule has 0 aromatic heterocycles. The summed E-state index contributed by atoms with van der Waals surface area (Å²) in [5, 5.41) is 34.9. The van der Waals surface area contributed by atoms with Crippen molar-refractivity contribution in [2.45, 2.75) is 43.4 Å². The lowest BCUT2D eigenvalue weighted by atomic mass is 9.94. The number of aliphatic hydroxyl groups is 2. The van der Waals surface area contributed by atoms with Crippen LogP contribution in [0, 0.1) is 0 Å². The van der Waals surface area contributed by atoms with Gasteiger partial charge in [-0.25, -0.2) is 9.59 Å². The summed E-state index contributed by atoms with van der Waals surface area (Å²) >= 11 is 0. The van der Waals surface area contributed by atoms with Crippen molar-refractivity contribution in [1.29, 1.82) is 0 Å². The maximum atomic E-state index is 11.0. The van der Waals surface area contributed by atoms with Crippen LogP contribution >= 0.6 is 0 Å². The Kier molecular flexibility index (Phi) is 19.6. The van der Waals surface area contributed by atoms with Crippen LogP contribution in [0.3, 0.4) is 0 Å². The number of ether oxygens (including phenoxy) is 2. The van der Waals surface area contributed by atoms with E-state index in [1.54, 1.807) is 42.7 Å². The number of aliphatic hydroxyl groups excluding tert-OH is 1. The van der Waals surface area contributed by atoms with Crippen LogP contribution in [0.1, 0.15) is 25.7 Å². The van der Waals surface area contributed by atoms with E-state index < -0.39 is 35.5 Å². The molecule has 0 saturated carbocycles. The molecular weight excluding hydrogens is 496 g/mol. The Balaban J connectivity index is 0. The minimum absolute atomic E-state index is 0.0871. The lowest BCUT2D eigenvalue weighted by Crippen LogP contribution is -2.44. The number of hydrogen-bond donors (Lipinski definition) is 4. The zero-order valence-corrected chi connectivity index (χ0v) is 22.7. The molecule has 16 heteroatoms. The number of rotatable bonds is 18. The molecule has 0 unspecified atom stereocenters. The molecule has 0 aromatic carbocycles. The third-order valence-electron chi connectivity index (χ3n) is 4.90. The van der Waals surface area contributed by atoms with Gasteiger partial charge in [-0.1, -0.05) is 0 Å². The van der Waals surface area contributed by atoms with Gasteiger partial charge >= 0.3 is 29.9 Å². The van der Waals surface area contributed by atoms with E-state index in [1.807, 2.05) is 0 Å². The fourth-order valence-corrected chi connectivity index (χ4v) is 6.50. The van der Waals surface area contributed by atoms with E-state index in [9.17, 15) is 14.7 Å². The smallest absolute Gasteiger partial charge is 0.449 e. The minimum Gasteiger partial charge on any atom is -0.449 e. The molecule has 4 N–H and O–H groups in total. The third kappa shape index (κ3) is 14.9. The van der Waals surface area contributed by atoms with Crippen LogP contribution in [0.15, 0.2) is 0 Å². The van der Waals surface area contributed by atoms with Crippen molar-refractivity contribution in [3.8, 4) is 0 Å². The molecule has 0 aliphatic heterocycles. The van der Waals surface area contributed by atoms with Crippen molar-refractivity contribution in [1.82, 2.24) is 0 Å². The highest BCUT2D eigenvalue weighted by atomic mass is 28.4. The van der Waals surface area contributed by atoms with Gasteiger partial charge in [0.2, 0.25) is 0 Å². The molecule has 0 fully saturated rings. The van der Waals surface area contributed by atoms with Gasteiger partial charge < -0.3 is 56.5 Å². The molecule has 0 heterocycles. The Hall–Kier alpha value is -1.19. The second-order valence-electron chi connectivity index (χ2n) is 6.93. The molecule has 14 nitrogen and oxygen atoms in total. The van der Waals surface area contributed by atoms with Crippen molar-refractivity contribution < 1.29 is 66.0 Å². The third-order valence-corrected chi connectivity index (χ3v) is 10.6. The summed E-state index contributed by atoms with van der Waals surface area (Å²) in [5.41, 5.74) is -1.04. The Morgan fingerprint density at radius 3 is 1.32 bits per heavy atom. The lowest BCUT2D eigenvalue weighted by Gasteiger charge is -2.31. The van der Waals surface area contributed by atoms with E-state index in [-0.39, 0.29) is 19.8 Å². The van der Waals surface area contributed by atoms with E-state index >= 15 is 0 Å². The van der Waals surface area contributed by atoms with Crippen molar-refractivity contribution >= 4 is 29.9 Å². The summed E-state index contributed by atoms with van der Waals surface area (Å²) in [7, 11) is 4.06. The molecule has 0 bridgehead atoms. The quantitative estimate of drug-likeness (QED) is 0.0851. The molecule has 0 aliphatic carbocycles. The summed E-state index contributed by atoms with van der Waals surface area (Å²) in [5.74, 6) is 0. The van der Waals surface area contributed by atoms with Gasteiger partial charge in [0, 0.05) is 54.7 Å². The van der Waals surface area contributed by atoms with Crippen LogP contribution in [0.25, 0.3) is 0 Å². The summed E-state index contributed by atoms with van der Waals surface area (Å²) in [4.78, 5) is 18.4. The first kappa shape index (κ1) is 35.0. The van der Waals surface area contributed by atoms with Gasteiger partial charge in [-0.15, -0.1) is 0 Å². The van der Waals surface area contributed by atoms with Crippen LogP contribution in [-0.2, 0) is 36.0 Å². The van der Waals surface area contributed by atoms with E-state index in [2.05, 4.69) is 4.74 Å². The highest BCUT2D eigenvalue weighted by molar-refractivity contribution is 6.60. The van der Waals surface area contributed by atoms with E-state index in [0.29, 0.717) is 37.8 Å². The fraction of sp³-hybridized carbons (Fsp3) is 0.889. The van der Waals surface area contributed by atoms with Gasteiger partial charge in [-0.2, -0.15) is 0 Å². The van der Waals surface area contributed by atoms with Crippen LogP contribution in [0.5, 0.6) is 0 Å². The molecule has 204 valence electrons. The van der Waals surface area contributed by atoms with Gasteiger partial charge in [0.05, 0.1) is 25.4 Å². The Bertz CT molecular complexity index is 488. The maximum Gasteiger partial charge on any atom is 0.516 e. The first-order valence-electron chi connectivity index (χ1n) is 10.3. The second kappa shape index (κ2) is 19.1. The van der Waals surface area contributed by atoms with Crippen molar-refractivity contribution in [2.75, 3.05) is 62.5 Å². The fourth-order valence-electron chi connectivity index (χ4n) is 3.05. The average Bonchev–Trinajstić information content (AvgIpc) is 2.80. The van der Waals surface area contributed by atoms with Gasteiger partial charge in [0.1, 0.15) is 0 Å². The number of carboxylic acid groups (broad SMARTS) is 2. The Morgan fingerprint density at radius 2 is 1.09 bits per heavy atom. The number of carbonyl (C=O) groups is 2. The first-order chi connectivity index (χ1) is 16.0. The molecule has 0 spiro atoms. The zero-order valence-electron chi connectivity index (χ0n) is 20.7. The standard InChI is InChI=1S/C16H38O9Si2.C2H2O5/c1-19-26(20-2,21-3)13-7-9-16(18,15-25-12-11-17)10-8-14-27(22-4,23-5)24-6;3-1(4)7-2(5)6/h17-18H,7-15H2,1-6H3;(H,3,4)(H,5,6). The van der Waals surface area contributed by atoms with Crippen molar-refractivity contribution in [3.05, 3.63) is 0 Å². The van der Waals surface area contributed by atoms with E-state index in [0.717, 1.165) is 0 Å². The summed E-state index contributed by atoms with van der Waals surface area (Å²) in [6.45, 7) is 0.231. The molecule has 0 aromatic rings. The van der Waals surface area contributed by atoms with Crippen LogP contribution in [-0.4, -0.2) is 118 Å². The lowest BCUT2D eigenvalue weighted by molar-refractivity contribution is -0.0641. The predicted molar refractivity (Wildman–Crippen MR) is 122 cm³/mol. The molecule has 0 rings (SSSR count). The summed E-state index contributed by atoms with van der Waals surface area (Å²) < 4.78 is 41.0. The van der Waals surface area contributed by atoms with Crippen molar-refractivity contribution in [3.63, 3.8) is 0 Å². The molecular formula is C18H40O14Si2. The van der Waals surface area contributed by atoms with Crippen LogP contribution < -0.4 is 0 Å². The van der Waals surface area contributed by atoms with E-state index in [1.165, 1.54) is 0 Å². The molecule has 0 radical (unpaired) electrons. The zero-order chi connectivity index (χ0) is 26.7. The highest BCUT2D eigenvalue weighted by Gasteiger charge is 2.40. The summed E-state index contributed by atoms with van der Waals surface area (Å²) in [6.07, 6.45) is -1.33. The van der Waals surface area contributed by atoms with Gasteiger partial charge in [0.25, 0.3) is 0 Å². The monoisotopic (exact) mass is 536 g/mol. The molecule has 0 aliphatic rings. The first-order valence-corrected chi connectivity index (χ1v) is 14.2. The topological polar surface area (TPSA) is 189 Å². The predicted octanol–water partition coefficient (Wildman–Crippen LogP) is 1.40. The van der Waals surface area contributed by atoms with Gasteiger partial charge in [-0.05, 0) is 25.7 Å². The van der Waals surface area contributed by atoms with Gasteiger partial charge in [0.15, 0.2) is 0 Å². The Morgan fingerprint density at radius 1 is 0.735 bits per heavy atom. The van der Waals surface area contributed by atoms with E-state index in [4.69, 9.17) is 46.6 Å². The minimum atomic E-state index is -2.68. The largest absolute Gasteiger partial charge is 0.516 e. The van der Waals surface area contributed by atoms with Gasteiger partial charge in [-0.3, -0.25) is 0 Å². The normalized spacial score (nSPS) is 12.1. The molecule has 0 saturated heterocycles. The number of hydrogen-bond acceptors (Lipinski definition) is 12. The Labute approximate surface area is 202 Å². The molecule has 0 amide bonds. The second-order valence-corrected chi connectivity index (χ2v) is 13.1.